The lowest BCUT2D eigenvalue weighted by Crippen LogP contribution is -2.49. The Balaban J connectivity index is 0.00000144. The molecule has 102 valence electrons. The van der Waals surface area contributed by atoms with Crippen molar-refractivity contribution in [1.82, 2.24) is 10.2 Å². The van der Waals surface area contributed by atoms with Crippen LogP contribution in [0, 0.1) is 5.41 Å². The molecule has 0 spiro atoms. The Bertz CT molecular complexity index is 207. The van der Waals surface area contributed by atoms with Crippen molar-refractivity contribution in [2.75, 3.05) is 32.8 Å². The van der Waals surface area contributed by atoms with Gasteiger partial charge in [0.15, 0.2) is 0 Å². The first kappa shape index (κ1) is 15.2. The van der Waals surface area contributed by atoms with E-state index in [1.165, 1.54) is 38.9 Å². The molecule has 17 heavy (non-hydrogen) atoms. The van der Waals surface area contributed by atoms with Gasteiger partial charge in [-0.3, -0.25) is 5.32 Å². The third-order valence-electron chi connectivity index (χ3n) is 3.64. The normalized spacial score (nSPS) is 29.6. The van der Waals surface area contributed by atoms with Crippen molar-refractivity contribution in [1.29, 1.82) is 0 Å². The van der Waals surface area contributed by atoms with Gasteiger partial charge in [-0.05, 0) is 32.4 Å². The van der Waals surface area contributed by atoms with E-state index in [-0.39, 0.29) is 18.6 Å². The molecule has 2 rings (SSSR count). The molecule has 0 radical (unpaired) electrons. The maximum Gasteiger partial charge on any atom is 0.109 e. The zero-order chi connectivity index (χ0) is 11.4. The van der Waals surface area contributed by atoms with Crippen LogP contribution in [0.4, 0.5) is 0 Å². The Morgan fingerprint density at radius 3 is 2.53 bits per heavy atom. The Morgan fingerprint density at radius 2 is 1.94 bits per heavy atom. The number of nitrogens with zero attached hydrogens (tertiary/aromatic N) is 1. The number of hydrogen-bond donors (Lipinski definition) is 1. The molecule has 0 amide bonds. The predicted molar refractivity (Wildman–Crippen MR) is 73.7 cm³/mol. The highest BCUT2D eigenvalue weighted by molar-refractivity contribution is 5.85. The molecule has 0 saturated carbocycles. The van der Waals surface area contributed by atoms with Crippen LogP contribution in [-0.4, -0.2) is 43.9 Å². The molecule has 0 aromatic heterocycles. The summed E-state index contributed by atoms with van der Waals surface area (Å²) in [5.41, 5.74) is 0.307. The van der Waals surface area contributed by atoms with E-state index in [0.717, 1.165) is 19.6 Å². The quantitative estimate of drug-likeness (QED) is 0.845. The highest BCUT2D eigenvalue weighted by Crippen LogP contribution is 2.20. The van der Waals surface area contributed by atoms with Crippen LogP contribution in [-0.2, 0) is 4.74 Å². The van der Waals surface area contributed by atoms with Gasteiger partial charge in [0.05, 0.1) is 6.61 Å². The molecule has 0 bridgehead atoms. The van der Waals surface area contributed by atoms with Gasteiger partial charge in [0.2, 0.25) is 0 Å². The number of ether oxygens (including phenoxy) is 1. The lowest BCUT2D eigenvalue weighted by molar-refractivity contribution is -0.0640. The average molecular weight is 263 g/mol. The second kappa shape index (κ2) is 6.93. The fourth-order valence-corrected chi connectivity index (χ4v) is 2.49. The molecule has 0 aliphatic carbocycles. The zero-order valence-corrected chi connectivity index (χ0v) is 12.0. The van der Waals surface area contributed by atoms with Crippen molar-refractivity contribution in [3.63, 3.8) is 0 Å². The standard InChI is InChI=1S/C13H26N2O.ClH/c1-13(2)10-14-12(16-11-13)6-9-15-7-4-3-5-8-15;/h12,14H,3-11H2,1-2H3;1H. The fraction of sp³-hybridized carbons (Fsp3) is 1.00. The van der Waals surface area contributed by atoms with E-state index in [4.69, 9.17) is 4.74 Å². The molecule has 2 heterocycles. The maximum atomic E-state index is 5.85. The first-order valence-electron chi connectivity index (χ1n) is 6.73. The van der Waals surface area contributed by atoms with E-state index in [1.807, 2.05) is 0 Å². The summed E-state index contributed by atoms with van der Waals surface area (Å²) in [5, 5.41) is 3.50. The van der Waals surface area contributed by atoms with Crippen LogP contribution in [0.15, 0.2) is 0 Å². The molecule has 2 saturated heterocycles. The highest BCUT2D eigenvalue weighted by atomic mass is 35.5. The van der Waals surface area contributed by atoms with Crippen LogP contribution >= 0.6 is 12.4 Å². The number of likely N-dealkylation sites (tertiary alicyclic amines) is 1. The second-order valence-corrected chi connectivity index (χ2v) is 6.04. The van der Waals surface area contributed by atoms with Gasteiger partial charge >= 0.3 is 0 Å². The molecule has 1 unspecified atom stereocenters. The van der Waals surface area contributed by atoms with Crippen molar-refractivity contribution < 1.29 is 4.74 Å². The highest BCUT2D eigenvalue weighted by Gasteiger charge is 2.27. The summed E-state index contributed by atoms with van der Waals surface area (Å²) in [4.78, 5) is 2.58. The van der Waals surface area contributed by atoms with E-state index in [9.17, 15) is 0 Å². The summed E-state index contributed by atoms with van der Waals surface area (Å²) in [6.07, 6.45) is 5.60. The SMILES string of the molecule is CC1(C)CNC(CCN2CCCCC2)OC1.Cl. The van der Waals surface area contributed by atoms with Gasteiger partial charge in [0, 0.05) is 18.5 Å². The summed E-state index contributed by atoms with van der Waals surface area (Å²) >= 11 is 0. The lowest BCUT2D eigenvalue weighted by Gasteiger charge is -2.36. The number of rotatable bonds is 3. The number of piperidine rings is 1. The van der Waals surface area contributed by atoms with Gasteiger partial charge in [-0.2, -0.15) is 0 Å². The molecule has 1 N–H and O–H groups in total. The van der Waals surface area contributed by atoms with Gasteiger partial charge in [-0.1, -0.05) is 20.3 Å². The van der Waals surface area contributed by atoms with Gasteiger partial charge in [0.1, 0.15) is 6.23 Å². The fourth-order valence-electron chi connectivity index (χ4n) is 2.49. The van der Waals surface area contributed by atoms with E-state index >= 15 is 0 Å². The predicted octanol–water partition coefficient (Wildman–Crippen LogP) is 2.26. The lowest BCUT2D eigenvalue weighted by atomic mass is 9.93. The molecule has 1 atom stereocenters. The third-order valence-corrected chi connectivity index (χ3v) is 3.64. The van der Waals surface area contributed by atoms with E-state index in [1.54, 1.807) is 0 Å². The second-order valence-electron chi connectivity index (χ2n) is 6.04. The topological polar surface area (TPSA) is 24.5 Å². The molecule has 4 heteroatoms. The van der Waals surface area contributed by atoms with E-state index < -0.39 is 0 Å². The summed E-state index contributed by atoms with van der Waals surface area (Å²) in [7, 11) is 0. The maximum absolute atomic E-state index is 5.85. The van der Waals surface area contributed by atoms with Crippen molar-refractivity contribution in [3.8, 4) is 0 Å². The monoisotopic (exact) mass is 262 g/mol. The minimum absolute atomic E-state index is 0. The molecule has 0 aromatic rings. The minimum Gasteiger partial charge on any atom is -0.363 e. The van der Waals surface area contributed by atoms with Gasteiger partial charge < -0.3 is 9.64 Å². The average Bonchev–Trinajstić information content (AvgIpc) is 2.29. The first-order valence-corrected chi connectivity index (χ1v) is 6.73. The van der Waals surface area contributed by atoms with Crippen LogP contribution in [0.5, 0.6) is 0 Å². The van der Waals surface area contributed by atoms with Crippen LogP contribution < -0.4 is 5.32 Å². The largest absolute Gasteiger partial charge is 0.363 e. The van der Waals surface area contributed by atoms with Gasteiger partial charge in [0.25, 0.3) is 0 Å². The molecule has 2 fully saturated rings. The Kier molecular flexibility index (Phi) is 6.21. The Labute approximate surface area is 112 Å². The van der Waals surface area contributed by atoms with Crippen molar-refractivity contribution in [3.05, 3.63) is 0 Å². The number of nitrogens with one attached hydrogen (secondary N) is 1. The minimum atomic E-state index is 0. The summed E-state index contributed by atoms with van der Waals surface area (Å²) in [5.74, 6) is 0. The molecular weight excluding hydrogens is 236 g/mol. The van der Waals surface area contributed by atoms with Crippen LogP contribution in [0.25, 0.3) is 0 Å². The van der Waals surface area contributed by atoms with Gasteiger partial charge in [-0.15, -0.1) is 12.4 Å². The summed E-state index contributed by atoms with van der Waals surface area (Å²) < 4.78 is 5.85. The molecule has 3 nitrogen and oxygen atoms in total. The van der Waals surface area contributed by atoms with Crippen molar-refractivity contribution in [2.24, 2.45) is 5.41 Å². The Morgan fingerprint density at radius 1 is 1.24 bits per heavy atom. The first-order chi connectivity index (χ1) is 7.66. The Hall–Kier alpha value is 0.170. The van der Waals surface area contributed by atoms with Crippen LogP contribution in [0.3, 0.4) is 0 Å². The molecule has 2 aliphatic heterocycles. The third kappa shape index (κ3) is 5.12. The molecule has 0 aromatic carbocycles. The number of hydrogen-bond acceptors (Lipinski definition) is 3. The smallest absolute Gasteiger partial charge is 0.109 e. The van der Waals surface area contributed by atoms with Gasteiger partial charge in [-0.25, -0.2) is 0 Å². The van der Waals surface area contributed by atoms with E-state index in [0.29, 0.717) is 5.41 Å². The van der Waals surface area contributed by atoms with Crippen molar-refractivity contribution in [2.45, 2.75) is 45.8 Å². The van der Waals surface area contributed by atoms with Crippen molar-refractivity contribution >= 4 is 12.4 Å². The van der Waals surface area contributed by atoms with Crippen LogP contribution in [0.1, 0.15) is 39.5 Å². The number of halogens is 1. The molecule has 2 aliphatic rings. The van der Waals surface area contributed by atoms with Crippen LogP contribution in [0.2, 0.25) is 0 Å². The summed E-state index contributed by atoms with van der Waals surface area (Å²) in [6, 6.07) is 0. The molecular formula is C13H27ClN2O. The zero-order valence-electron chi connectivity index (χ0n) is 11.2. The van der Waals surface area contributed by atoms with E-state index in [2.05, 4.69) is 24.1 Å². The summed E-state index contributed by atoms with van der Waals surface area (Å²) in [6.45, 7) is 10.2.